The van der Waals surface area contributed by atoms with Gasteiger partial charge in [-0.3, -0.25) is 4.79 Å². The highest BCUT2D eigenvalue weighted by atomic mass is 16.5. The molecule has 0 spiro atoms. The Hall–Kier alpha value is -3.60. The van der Waals surface area contributed by atoms with Crippen LogP contribution in [0.2, 0.25) is 0 Å². The number of nitrogens with zero attached hydrogens (tertiary/aromatic N) is 1. The summed E-state index contributed by atoms with van der Waals surface area (Å²) in [5.74, 6) is 1.00. The van der Waals surface area contributed by atoms with Crippen LogP contribution in [0.3, 0.4) is 0 Å². The molecule has 5 nitrogen and oxygen atoms in total. The predicted molar refractivity (Wildman–Crippen MR) is 114 cm³/mol. The summed E-state index contributed by atoms with van der Waals surface area (Å²) >= 11 is 0. The van der Waals surface area contributed by atoms with Gasteiger partial charge in [-0.15, -0.1) is 0 Å². The molecule has 1 amide bonds. The lowest BCUT2D eigenvalue weighted by molar-refractivity contribution is -0.118. The Kier molecular flexibility index (Phi) is 5.29. The van der Waals surface area contributed by atoms with Gasteiger partial charge >= 0.3 is 0 Å². The van der Waals surface area contributed by atoms with Crippen molar-refractivity contribution in [3.63, 3.8) is 0 Å². The number of benzene rings is 3. The highest BCUT2D eigenvalue weighted by Gasteiger charge is 2.10. The van der Waals surface area contributed by atoms with Crippen LogP contribution in [0.25, 0.3) is 22.6 Å². The lowest BCUT2D eigenvalue weighted by Gasteiger charge is -2.08. The van der Waals surface area contributed by atoms with Gasteiger partial charge in [-0.25, -0.2) is 4.98 Å². The van der Waals surface area contributed by atoms with Gasteiger partial charge in [0.25, 0.3) is 5.91 Å². The second kappa shape index (κ2) is 8.19. The summed E-state index contributed by atoms with van der Waals surface area (Å²) in [5.41, 5.74) is 5.34. The summed E-state index contributed by atoms with van der Waals surface area (Å²) in [6.45, 7) is 4.07. The van der Waals surface area contributed by atoms with E-state index in [-0.39, 0.29) is 12.5 Å². The van der Waals surface area contributed by atoms with Crippen LogP contribution in [0.1, 0.15) is 18.1 Å². The van der Waals surface area contributed by atoms with Crippen molar-refractivity contribution in [1.82, 2.24) is 4.98 Å². The lowest BCUT2D eigenvalue weighted by Crippen LogP contribution is -2.20. The van der Waals surface area contributed by atoms with E-state index in [0.717, 1.165) is 12.0 Å². The average molecular weight is 386 g/mol. The third-order valence-electron chi connectivity index (χ3n) is 4.67. The molecule has 4 rings (SSSR count). The Morgan fingerprint density at radius 3 is 2.52 bits per heavy atom. The number of hydrogen-bond donors (Lipinski definition) is 1. The van der Waals surface area contributed by atoms with Crippen LogP contribution in [-0.4, -0.2) is 17.5 Å². The third kappa shape index (κ3) is 4.46. The number of anilines is 1. The van der Waals surface area contributed by atoms with Crippen LogP contribution in [0.5, 0.6) is 5.75 Å². The van der Waals surface area contributed by atoms with E-state index in [1.54, 1.807) is 18.2 Å². The summed E-state index contributed by atoms with van der Waals surface area (Å²) in [4.78, 5) is 16.8. The zero-order chi connectivity index (χ0) is 20.2. The van der Waals surface area contributed by atoms with Gasteiger partial charge in [-0.1, -0.05) is 36.8 Å². The molecule has 5 heteroatoms. The van der Waals surface area contributed by atoms with Crippen LogP contribution < -0.4 is 10.1 Å². The summed E-state index contributed by atoms with van der Waals surface area (Å²) < 4.78 is 11.4. The van der Waals surface area contributed by atoms with Crippen LogP contribution >= 0.6 is 0 Å². The Labute approximate surface area is 169 Å². The number of nitrogens with one attached hydrogen (secondary N) is 1. The van der Waals surface area contributed by atoms with Crippen LogP contribution in [0.4, 0.5) is 5.69 Å². The van der Waals surface area contributed by atoms with Gasteiger partial charge in [0, 0.05) is 11.3 Å². The number of oxazole rings is 1. The van der Waals surface area contributed by atoms with Gasteiger partial charge in [-0.2, -0.15) is 0 Å². The van der Waals surface area contributed by atoms with Crippen molar-refractivity contribution < 1.29 is 13.9 Å². The molecule has 0 saturated carbocycles. The van der Waals surface area contributed by atoms with Gasteiger partial charge in [0.05, 0.1) is 0 Å². The number of aryl methyl sites for hydroxylation is 2. The van der Waals surface area contributed by atoms with Gasteiger partial charge in [-0.05, 0) is 61.4 Å². The smallest absolute Gasteiger partial charge is 0.262 e. The molecule has 0 aliphatic carbocycles. The standard InChI is InChI=1S/C24H22N2O3/c1-3-17-6-11-20(12-7-17)28-15-23(27)25-19-10-13-22-21(14-19)26-24(29-22)18-8-4-16(2)5-9-18/h4-14H,3,15H2,1-2H3,(H,25,27). The van der Waals surface area contributed by atoms with Crippen molar-refractivity contribution in [2.75, 3.05) is 11.9 Å². The van der Waals surface area contributed by atoms with E-state index in [2.05, 4.69) is 17.2 Å². The quantitative estimate of drug-likeness (QED) is 0.483. The SMILES string of the molecule is CCc1ccc(OCC(=O)Nc2ccc3oc(-c4ccc(C)cc4)nc3c2)cc1. The first-order valence-electron chi connectivity index (χ1n) is 9.60. The summed E-state index contributed by atoms with van der Waals surface area (Å²) in [5, 5.41) is 2.84. The Morgan fingerprint density at radius 1 is 1.03 bits per heavy atom. The maximum absolute atomic E-state index is 12.2. The molecule has 0 aliphatic heterocycles. The Morgan fingerprint density at radius 2 is 1.79 bits per heavy atom. The first kappa shape index (κ1) is 18.7. The minimum atomic E-state index is -0.230. The van der Waals surface area contributed by atoms with E-state index in [9.17, 15) is 4.79 Å². The zero-order valence-corrected chi connectivity index (χ0v) is 16.4. The van der Waals surface area contributed by atoms with Gasteiger partial charge in [0.15, 0.2) is 12.2 Å². The van der Waals surface area contributed by atoms with Crippen molar-refractivity contribution in [3.05, 3.63) is 77.9 Å². The molecule has 0 radical (unpaired) electrons. The number of aromatic nitrogens is 1. The van der Waals surface area contributed by atoms with Crippen LogP contribution in [-0.2, 0) is 11.2 Å². The molecule has 1 aromatic heterocycles. The van der Waals surface area contributed by atoms with Crippen molar-refractivity contribution in [2.45, 2.75) is 20.3 Å². The molecule has 3 aromatic carbocycles. The van der Waals surface area contributed by atoms with E-state index in [1.807, 2.05) is 55.5 Å². The van der Waals surface area contributed by atoms with E-state index >= 15 is 0 Å². The molecule has 1 N–H and O–H groups in total. The number of carbonyl (C=O) groups excluding carboxylic acids is 1. The second-order valence-electron chi connectivity index (χ2n) is 6.90. The van der Waals surface area contributed by atoms with Crippen molar-refractivity contribution >= 4 is 22.7 Å². The monoisotopic (exact) mass is 386 g/mol. The molecule has 0 bridgehead atoms. The average Bonchev–Trinajstić information content (AvgIpc) is 3.16. The number of amides is 1. The van der Waals surface area contributed by atoms with Crippen molar-refractivity contribution in [2.24, 2.45) is 0 Å². The van der Waals surface area contributed by atoms with E-state index in [0.29, 0.717) is 28.4 Å². The molecule has 0 saturated heterocycles. The summed E-state index contributed by atoms with van der Waals surface area (Å²) in [6.07, 6.45) is 0.969. The Bertz CT molecular complexity index is 1130. The zero-order valence-electron chi connectivity index (χ0n) is 16.4. The van der Waals surface area contributed by atoms with Gasteiger partial charge < -0.3 is 14.5 Å². The number of fused-ring (bicyclic) bond motifs is 1. The second-order valence-corrected chi connectivity index (χ2v) is 6.90. The van der Waals surface area contributed by atoms with Crippen molar-refractivity contribution in [3.8, 4) is 17.2 Å². The molecule has 146 valence electrons. The molecule has 0 unspecified atom stereocenters. The number of ether oxygens (including phenoxy) is 1. The topological polar surface area (TPSA) is 64.4 Å². The first-order chi connectivity index (χ1) is 14.1. The Balaban J connectivity index is 1.42. The normalized spacial score (nSPS) is 10.8. The molecular weight excluding hydrogens is 364 g/mol. The molecule has 0 fully saturated rings. The maximum atomic E-state index is 12.2. The third-order valence-corrected chi connectivity index (χ3v) is 4.67. The van der Waals surface area contributed by atoms with Crippen molar-refractivity contribution in [1.29, 1.82) is 0 Å². The fourth-order valence-electron chi connectivity index (χ4n) is 2.99. The van der Waals surface area contributed by atoms with Gasteiger partial charge in [0.1, 0.15) is 11.3 Å². The van der Waals surface area contributed by atoms with Gasteiger partial charge in [0.2, 0.25) is 5.89 Å². The molecule has 4 aromatic rings. The maximum Gasteiger partial charge on any atom is 0.262 e. The lowest BCUT2D eigenvalue weighted by atomic mass is 10.1. The molecule has 0 aliphatic rings. The largest absolute Gasteiger partial charge is 0.484 e. The van der Waals surface area contributed by atoms with E-state index in [4.69, 9.17) is 9.15 Å². The highest BCUT2D eigenvalue weighted by molar-refractivity contribution is 5.94. The number of rotatable bonds is 6. The fraction of sp³-hybridized carbons (Fsp3) is 0.167. The van der Waals surface area contributed by atoms with Crippen LogP contribution in [0, 0.1) is 6.92 Å². The first-order valence-corrected chi connectivity index (χ1v) is 9.60. The minimum absolute atomic E-state index is 0.0586. The summed E-state index contributed by atoms with van der Waals surface area (Å²) in [7, 11) is 0. The van der Waals surface area contributed by atoms with E-state index < -0.39 is 0 Å². The molecule has 1 heterocycles. The van der Waals surface area contributed by atoms with Crippen LogP contribution in [0.15, 0.2) is 71.1 Å². The number of hydrogen-bond acceptors (Lipinski definition) is 4. The minimum Gasteiger partial charge on any atom is -0.484 e. The molecular formula is C24H22N2O3. The molecule has 29 heavy (non-hydrogen) atoms. The number of carbonyl (C=O) groups is 1. The fourth-order valence-corrected chi connectivity index (χ4v) is 2.99. The predicted octanol–water partition coefficient (Wildman–Crippen LogP) is 5.38. The van der Waals surface area contributed by atoms with E-state index in [1.165, 1.54) is 11.1 Å². The highest BCUT2D eigenvalue weighted by Crippen LogP contribution is 2.26. The molecule has 0 atom stereocenters. The summed E-state index contributed by atoms with van der Waals surface area (Å²) in [6, 6.07) is 21.1.